The van der Waals surface area contributed by atoms with E-state index in [1.54, 1.807) is 18.6 Å². The van der Waals surface area contributed by atoms with Crippen molar-refractivity contribution < 1.29 is 4.79 Å². The summed E-state index contributed by atoms with van der Waals surface area (Å²) in [6.07, 6.45) is 9.73. The van der Waals surface area contributed by atoms with E-state index in [-0.39, 0.29) is 11.3 Å². The van der Waals surface area contributed by atoms with Crippen molar-refractivity contribution in [3.8, 4) is 10.6 Å². The molecule has 0 radical (unpaired) electrons. The van der Waals surface area contributed by atoms with Gasteiger partial charge in [-0.05, 0) is 48.6 Å². The maximum atomic E-state index is 13.0. The van der Waals surface area contributed by atoms with E-state index in [2.05, 4.69) is 26.3 Å². The summed E-state index contributed by atoms with van der Waals surface area (Å²) < 4.78 is 0. The van der Waals surface area contributed by atoms with Crippen LogP contribution < -0.4 is 5.32 Å². The van der Waals surface area contributed by atoms with Crippen LogP contribution in [0.15, 0.2) is 78.9 Å². The van der Waals surface area contributed by atoms with Gasteiger partial charge in [-0.1, -0.05) is 30.3 Å². The third kappa shape index (κ3) is 3.95. The molecule has 1 atom stereocenters. The van der Waals surface area contributed by atoms with Crippen LogP contribution in [0.2, 0.25) is 0 Å². The van der Waals surface area contributed by atoms with Crippen LogP contribution >= 0.6 is 22.9 Å². The van der Waals surface area contributed by atoms with Crippen molar-refractivity contribution in [3.05, 3.63) is 95.2 Å². The number of aryl methyl sites for hydroxylation is 1. The summed E-state index contributed by atoms with van der Waals surface area (Å²) >= 11 is 8.01. The minimum Gasteiger partial charge on any atom is -0.322 e. The van der Waals surface area contributed by atoms with Crippen molar-refractivity contribution in [2.75, 3.05) is 0 Å². The molecule has 4 aromatic rings. The molecule has 1 unspecified atom stereocenters. The van der Waals surface area contributed by atoms with Gasteiger partial charge in [0.25, 0.3) is 5.91 Å². The first-order valence-corrected chi connectivity index (χ1v) is 11.4. The van der Waals surface area contributed by atoms with Crippen molar-refractivity contribution in [3.63, 3.8) is 0 Å². The second-order valence-electron chi connectivity index (χ2n) is 7.47. The number of pyridine rings is 2. The Bertz CT molecular complexity index is 1370. The summed E-state index contributed by atoms with van der Waals surface area (Å²) in [4.78, 5) is 26.9. The number of aromatic nitrogens is 3. The number of hydrogen-bond acceptors (Lipinski definition) is 5. The molecule has 0 saturated heterocycles. The molecule has 5 rings (SSSR count). The van der Waals surface area contributed by atoms with Crippen molar-refractivity contribution in [1.82, 2.24) is 20.3 Å². The molecule has 5 nitrogen and oxygen atoms in total. The zero-order valence-corrected chi connectivity index (χ0v) is 18.8. The lowest BCUT2D eigenvalue weighted by Gasteiger charge is -2.20. The van der Waals surface area contributed by atoms with E-state index in [0.717, 1.165) is 32.6 Å². The summed E-state index contributed by atoms with van der Waals surface area (Å²) in [5.41, 5.74) is 4.05. The maximum absolute atomic E-state index is 13.0. The van der Waals surface area contributed by atoms with Crippen LogP contribution in [0.25, 0.3) is 26.9 Å². The fraction of sp³-hybridized carbons (Fsp3) is 0.120. The van der Waals surface area contributed by atoms with Gasteiger partial charge in [0, 0.05) is 35.2 Å². The molecule has 1 aliphatic carbocycles. The van der Waals surface area contributed by atoms with Crippen molar-refractivity contribution >= 4 is 45.2 Å². The van der Waals surface area contributed by atoms with Crippen molar-refractivity contribution in [2.24, 2.45) is 0 Å². The molecule has 3 aromatic heterocycles. The molecule has 1 N–H and O–H groups in total. The largest absolute Gasteiger partial charge is 0.322 e. The SMILES string of the molecule is Cc1nc(-c2cccnc2)sc1C(=O)NC1=CCC(Cl)C(c2nccc3ccccc23)=C1. The molecular formula is C25H19ClN4OS. The lowest BCUT2D eigenvalue weighted by molar-refractivity contribution is 0.0970. The van der Waals surface area contributed by atoms with Crippen LogP contribution in [-0.2, 0) is 0 Å². The molecule has 0 bridgehead atoms. The number of carbonyl (C=O) groups is 1. The number of carbonyl (C=O) groups excluding carboxylic acids is 1. The highest BCUT2D eigenvalue weighted by Crippen LogP contribution is 2.33. The zero-order chi connectivity index (χ0) is 22.1. The normalized spacial score (nSPS) is 15.9. The molecule has 1 amide bonds. The van der Waals surface area contributed by atoms with Crippen LogP contribution in [0, 0.1) is 6.92 Å². The fourth-order valence-corrected chi connectivity index (χ4v) is 4.94. The number of alkyl halides is 1. The molecule has 1 aliphatic rings. The third-order valence-electron chi connectivity index (χ3n) is 5.31. The van der Waals surface area contributed by atoms with Gasteiger partial charge < -0.3 is 5.32 Å². The van der Waals surface area contributed by atoms with E-state index in [9.17, 15) is 4.79 Å². The molecule has 0 saturated carbocycles. The number of thiazole rings is 1. The number of benzene rings is 1. The summed E-state index contributed by atoms with van der Waals surface area (Å²) in [5, 5.41) is 5.73. The second-order valence-corrected chi connectivity index (χ2v) is 9.00. The van der Waals surface area contributed by atoms with Gasteiger partial charge in [0.2, 0.25) is 0 Å². The molecule has 3 heterocycles. The highest BCUT2D eigenvalue weighted by Gasteiger charge is 2.22. The number of rotatable bonds is 4. The predicted molar refractivity (Wildman–Crippen MR) is 130 cm³/mol. The highest BCUT2D eigenvalue weighted by molar-refractivity contribution is 7.17. The first kappa shape index (κ1) is 20.5. The quantitative estimate of drug-likeness (QED) is 0.394. The predicted octanol–water partition coefficient (Wildman–Crippen LogP) is 5.77. The minimum atomic E-state index is -0.212. The van der Waals surface area contributed by atoms with Gasteiger partial charge >= 0.3 is 0 Å². The van der Waals surface area contributed by atoms with E-state index in [4.69, 9.17) is 11.6 Å². The number of hydrogen-bond donors (Lipinski definition) is 1. The van der Waals surface area contributed by atoms with Crippen LogP contribution in [0.5, 0.6) is 0 Å². The number of fused-ring (bicyclic) bond motifs is 1. The highest BCUT2D eigenvalue weighted by atomic mass is 35.5. The monoisotopic (exact) mass is 458 g/mol. The van der Waals surface area contributed by atoms with E-state index in [1.807, 2.05) is 55.5 Å². The van der Waals surface area contributed by atoms with Gasteiger partial charge in [-0.3, -0.25) is 14.8 Å². The second kappa shape index (κ2) is 8.65. The molecule has 32 heavy (non-hydrogen) atoms. The summed E-state index contributed by atoms with van der Waals surface area (Å²) in [6.45, 7) is 1.84. The van der Waals surface area contributed by atoms with Crippen molar-refractivity contribution in [2.45, 2.75) is 18.7 Å². The Kier molecular flexibility index (Phi) is 5.55. The van der Waals surface area contributed by atoms with E-state index in [1.165, 1.54) is 11.3 Å². The van der Waals surface area contributed by atoms with E-state index < -0.39 is 0 Å². The zero-order valence-electron chi connectivity index (χ0n) is 17.2. The molecule has 0 aliphatic heterocycles. The number of nitrogens with one attached hydrogen (secondary N) is 1. The lowest BCUT2D eigenvalue weighted by atomic mass is 9.95. The number of halogens is 1. The Labute approximate surface area is 194 Å². The van der Waals surface area contributed by atoms with Crippen LogP contribution in [0.3, 0.4) is 0 Å². The average Bonchev–Trinajstić information content (AvgIpc) is 3.22. The number of nitrogens with zero attached hydrogens (tertiary/aromatic N) is 3. The summed E-state index contributed by atoms with van der Waals surface area (Å²) in [7, 11) is 0. The average molecular weight is 459 g/mol. The Morgan fingerprint density at radius 3 is 2.88 bits per heavy atom. The minimum absolute atomic E-state index is 0.184. The molecular weight excluding hydrogens is 440 g/mol. The van der Waals surface area contributed by atoms with Crippen molar-refractivity contribution in [1.29, 1.82) is 0 Å². The number of allylic oxidation sites excluding steroid dienone is 3. The third-order valence-corrected chi connectivity index (χ3v) is 6.93. The fourth-order valence-electron chi connectivity index (χ4n) is 3.74. The van der Waals surface area contributed by atoms with Gasteiger partial charge in [-0.2, -0.15) is 0 Å². The van der Waals surface area contributed by atoms with Gasteiger partial charge in [0.05, 0.1) is 16.8 Å². The molecule has 0 fully saturated rings. The standard InChI is InChI=1S/C25H19ClN4OS/c1-15-23(32-25(29-15)17-6-4-11-27-14-17)24(31)30-18-8-9-21(26)20(13-18)22-19-7-3-2-5-16(19)10-12-28-22/h2-8,10-14,21H,9H2,1H3,(H,30,31). The Morgan fingerprint density at radius 2 is 2.03 bits per heavy atom. The van der Waals surface area contributed by atoms with Gasteiger partial charge in [-0.15, -0.1) is 22.9 Å². The summed E-state index contributed by atoms with van der Waals surface area (Å²) in [6, 6.07) is 13.9. The molecule has 1 aromatic carbocycles. The van der Waals surface area contributed by atoms with Crippen LogP contribution in [0.1, 0.15) is 27.5 Å². The topological polar surface area (TPSA) is 67.8 Å². The van der Waals surface area contributed by atoms with Gasteiger partial charge in [0.15, 0.2) is 0 Å². The Balaban J connectivity index is 1.43. The van der Waals surface area contributed by atoms with Crippen LogP contribution in [-0.4, -0.2) is 26.2 Å². The van der Waals surface area contributed by atoms with E-state index in [0.29, 0.717) is 22.7 Å². The van der Waals surface area contributed by atoms with E-state index >= 15 is 0 Å². The lowest BCUT2D eigenvalue weighted by Crippen LogP contribution is -2.24. The molecule has 7 heteroatoms. The summed E-state index contributed by atoms with van der Waals surface area (Å²) in [5.74, 6) is -0.184. The number of amides is 1. The first-order chi connectivity index (χ1) is 15.6. The first-order valence-electron chi connectivity index (χ1n) is 10.2. The van der Waals surface area contributed by atoms with Gasteiger partial charge in [-0.25, -0.2) is 4.98 Å². The van der Waals surface area contributed by atoms with Gasteiger partial charge in [0.1, 0.15) is 9.88 Å². The Hall–Kier alpha value is -3.35. The van der Waals surface area contributed by atoms with Crippen LogP contribution in [0.4, 0.5) is 0 Å². The smallest absolute Gasteiger partial charge is 0.267 e. The molecule has 0 spiro atoms. The Morgan fingerprint density at radius 1 is 1.16 bits per heavy atom. The molecule has 158 valence electrons. The maximum Gasteiger partial charge on any atom is 0.267 e.